The SMILES string of the molecule is Cc1cnccc1-c1ccc(C(=O)N2CCCC(c3ccn[nH]3)C2)cc1. The first-order valence-electron chi connectivity index (χ1n) is 9.02. The molecule has 0 bridgehead atoms. The van der Waals surface area contributed by atoms with Gasteiger partial charge in [-0.25, -0.2) is 0 Å². The molecule has 3 heterocycles. The van der Waals surface area contributed by atoms with E-state index in [9.17, 15) is 4.79 Å². The fraction of sp³-hybridized carbons (Fsp3) is 0.286. The molecule has 1 aliphatic heterocycles. The highest BCUT2D eigenvalue weighted by molar-refractivity contribution is 5.94. The predicted molar refractivity (Wildman–Crippen MR) is 101 cm³/mol. The van der Waals surface area contributed by atoms with Gasteiger partial charge in [0.1, 0.15) is 0 Å². The van der Waals surface area contributed by atoms with Crippen LogP contribution < -0.4 is 0 Å². The lowest BCUT2D eigenvalue weighted by Gasteiger charge is -2.32. The number of benzene rings is 1. The van der Waals surface area contributed by atoms with E-state index in [0.717, 1.165) is 53.9 Å². The third-order valence-corrected chi connectivity index (χ3v) is 5.13. The number of aromatic nitrogens is 3. The summed E-state index contributed by atoms with van der Waals surface area (Å²) < 4.78 is 0. The van der Waals surface area contributed by atoms with Crippen LogP contribution in [0.4, 0.5) is 0 Å². The number of pyridine rings is 1. The molecule has 1 unspecified atom stereocenters. The number of carbonyl (C=O) groups excluding carboxylic acids is 1. The summed E-state index contributed by atoms with van der Waals surface area (Å²) in [5.41, 5.74) is 5.24. The van der Waals surface area contributed by atoms with Crippen molar-refractivity contribution in [2.24, 2.45) is 0 Å². The van der Waals surface area contributed by atoms with Crippen LogP contribution in [0, 0.1) is 6.92 Å². The number of amides is 1. The number of hydrogen-bond donors (Lipinski definition) is 1. The van der Waals surface area contributed by atoms with Gasteiger partial charge in [-0.15, -0.1) is 0 Å². The van der Waals surface area contributed by atoms with Crippen molar-refractivity contribution in [2.45, 2.75) is 25.7 Å². The van der Waals surface area contributed by atoms with Crippen LogP contribution in [0.1, 0.15) is 40.4 Å². The molecule has 1 fully saturated rings. The van der Waals surface area contributed by atoms with Crippen LogP contribution in [-0.2, 0) is 0 Å². The number of aryl methyl sites for hydroxylation is 1. The maximum atomic E-state index is 12.9. The Morgan fingerprint density at radius 2 is 2.00 bits per heavy atom. The van der Waals surface area contributed by atoms with Gasteiger partial charge >= 0.3 is 0 Å². The zero-order chi connectivity index (χ0) is 17.9. The summed E-state index contributed by atoms with van der Waals surface area (Å²) >= 11 is 0. The number of H-pyrrole nitrogens is 1. The van der Waals surface area contributed by atoms with E-state index in [1.807, 2.05) is 54.4 Å². The lowest BCUT2D eigenvalue weighted by atomic mass is 9.94. The van der Waals surface area contributed by atoms with Gasteiger partial charge in [0.15, 0.2) is 0 Å². The maximum absolute atomic E-state index is 12.9. The van der Waals surface area contributed by atoms with Gasteiger partial charge in [0.25, 0.3) is 5.91 Å². The van der Waals surface area contributed by atoms with Gasteiger partial charge in [0.2, 0.25) is 0 Å². The zero-order valence-corrected chi connectivity index (χ0v) is 14.9. The molecule has 1 aliphatic rings. The molecule has 0 radical (unpaired) electrons. The zero-order valence-electron chi connectivity index (χ0n) is 14.9. The van der Waals surface area contributed by atoms with Crippen LogP contribution in [0.15, 0.2) is 55.0 Å². The molecule has 26 heavy (non-hydrogen) atoms. The van der Waals surface area contributed by atoms with E-state index in [4.69, 9.17) is 0 Å². The van der Waals surface area contributed by atoms with E-state index in [1.54, 1.807) is 12.4 Å². The summed E-state index contributed by atoms with van der Waals surface area (Å²) in [6.45, 7) is 3.60. The minimum absolute atomic E-state index is 0.104. The van der Waals surface area contributed by atoms with Crippen LogP contribution in [0.3, 0.4) is 0 Å². The third kappa shape index (κ3) is 3.25. The Morgan fingerprint density at radius 1 is 1.15 bits per heavy atom. The van der Waals surface area contributed by atoms with E-state index in [1.165, 1.54) is 0 Å². The summed E-state index contributed by atoms with van der Waals surface area (Å²) in [5, 5.41) is 7.08. The smallest absolute Gasteiger partial charge is 0.253 e. The van der Waals surface area contributed by atoms with E-state index < -0.39 is 0 Å². The van der Waals surface area contributed by atoms with Crippen molar-refractivity contribution in [1.82, 2.24) is 20.1 Å². The third-order valence-electron chi connectivity index (χ3n) is 5.13. The molecule has 0 spiro atoms. The Bertz CT molecular complexity index is 887. The second kappa shape index (κ2) is 7.12. The quantitative estimate of drug-likeness (QED) is 0.785. The van der Waals surface area contributed by atoms with E-state index >= 15 is 0 Å². The van der Waals surface area contributed by atoms with Crippen molar-refractivity contribution >= 4 is 5.91 Å². The van der Waals surface area contributed by atoms with Crippen LogP contribution in [0.25, 0.3) is 11.1 Å². The molecule has 0 aliphatic carbocycles. The topological polar surface area (TPSA) is 61.9 Å². The van der Waals surface area contributed by atoms with Crippen LogP contribution in [-0.4, -0.2) is 39.1 Å². The highest BCUT2D eigenvalue weighted by atomic mass is 16.2. The summed E-state index contributed by atoms with van der Waals surface area (Å²) in [4.78, 5) is 19.0. The van der Waals surface area contributed by atoms with Gasteiger partial charge in [0.05, 0.1) is 0 Å². The molecule has 3 aromatic rings. The summed E-state index contributed by atoms with van der Waals surface area (Å²) in [5.74, 6) is 0.446. The first-order chi connectivity index (χ1) is 12.7. The largest absolute Gasteiger partial charge is 0.338 e. The summed E-state index contributed by atoms with van der Waals surface area (Å²) in [6, 6.07) is 11.9. The Labute approximate surface area is 153 Å². The van der Waals surface area contributed by atoms with Crippen molar-refractivity contribution in [3.8, 4) is 11.1 Å². The second-order valence-corrected chi connectivity index (χ2v) is 6.87. The van der Waals surface area contributed by atoms with Gasteiger partial charge in [0, 0.05) is 48.9 Å². The molecule has 1 saturated heterocycles. The number of hydrogen-bond acceptors (Lipinski definition) is 3. The summed E-state index contributed by atoms with van der Waals surface area (Å²) in [6.07, 6.45) is 7.54. The highest BCUT2D eigenvalue weighted by Crippen LogP contribution is 2.27. The first kappa shape index (κ1) is 16.5. The minimum Gasteiger partial charge on any atom is -0.338 e. The minimum atomic E-state index is 0.104. The molecule has 4 rings (SSSR count). The van der Waals surface area contributed by atoms with Crippen molar-refractivity contribution in [1.29, 1.82) is 0 Å². The average Bonchev–Trinajstić information content (AvgIpc) is 3.23. The maximum Gasteiger partial charge on any atom is 0.253 e. The number of likely N-dealkylation sites (tertiary alicyclic amines) is 1. The first-order valence-corrected chi connectivity index (χ1v) is 9.02. The normalized spacial score (nSPS) is 17.3. The van der Waals surface area contributed by atoms with Gasteiger partial charge in [-0.1, -0.05) is 12.1 Å². The second-order valence-electron chi connectivity index (χ2n) is 6.87. The predicted octanol–water partition coefficient (Wildman–Crippen LogP) is 3.80. The summed E-state index contributed by atoms with van der Waals surface area (Å²) in [7, 11) is 0. The molecule has 132 valence electrons. The molecular weight excluding hydrogens is 324 g/mol. The molecule has 5 nitrogen and oxygen atoms in total. The van der Waals surface area contributed by atoms with E-state index in [0.29, 0.717) is 5.92 Å². The standard InChI is InChI=1S/C21H22N4O/c1-15-13-22-10-8-19(15)16-4-6-17(7-5-16)21(26)25-12-2-3-18(14-25)20-9-11-23-24-20/h4-11,13,18H,2-3,12,14H2,1H3,(H,23,24). The number of nitrogens with one attached hydrogen (secondary N) is 1. The van der Waals surface area contributed by atoms with Crippen molar-refractivity contribution < 1.29 is 4.79 Å². The van der Waals surface area contributed by atoms with Gasteiger partial charge in [-0.05, 0) is 60.7 Å². The van der Waals surface area contributed by atoms with Gasteiger partial charge in [-0.2, -0.15) is 5.10 Å². The van der Waals surface area contributed by atoms with Gasteiger partial charge < -0.3 is 4.90 Å². The molecule has 2 aromatic heterocycles. The number of carbonyl (C=O) groups is 1. The fourth-order valence-electron chi connectivity index (χ4n) is 3.68. The molecule has 1 N–H and O–H groups in total. The Hall–Kier alpha value is -2.95. The molecular formula is C21H22N4O. The van der Waals surface area contributed by atoms with Crippen molar-refractivity contribution in [3.63, 3.8) is 0 Å². The molecule has 0 saturated carbocycles. The monoisotopic (exact) mass is 346 g/mol. The van der Waals surface area contributed by atoms with E-state index in [2.05, 4.69) is 15.2 Å². The molecule has 5 heteroatoms. The van der Waals surface area contributed by atoms with Crippen LogP contribution in [0.5, 0.6) is 0 Å². The highest BCUT2D eigenvalue weighted by Gasteiger charge is 2.26. The molecule has 1 atom stereocenters. The van der Waals surface area contributed by atoms with E-state index in [-0.39, 0.29) is 5.91 Å². The molecule has 1 amide bonds. The van der Waals surface area contributed by atoms with Crippen molar-refractivity contribution in [3.05, 3.63) is 71.8 Å². The molecule has 1 aromatic carbocycles. The average molecular weight is 346 g/mol. The Kier molecular flexibility index (Phi) is 4.52. The number of rotatable bonds is 3. The number of aromatic amines is 1. The number of piperidine rings is 1. The Morgan fingerprint density at radius 3 is 2.73 bits per heavy atom. The van der Waals surface area contributed by atoms with Crippen LogP contribution in [0.2, 0.25) is 0 Å². The lowest BCUT2D eigenvalue weighted by Crippen LogP contribution is -2.39. The van der Waals surface area contributed by atoms with Crippen LogP contribution >= 0.6 is 0 Å². The van der Waals surface area contributed by atoms with Crippen molar-refractivity contribution in [2.75, 3.05) is 13.1 Å². The Balaban J connectivity index is 1.50. The lowest BCUT2D eigenvalue weighted by molar-refractivity contribution is 0.0706. The fourth-order valence-corrected chi connectivity index (χ4v) is 3.68. The van der Waals surface area contributed by atoms with Gasteiger partial charge in [-0.3, -0.25) is 14.9 Å². The number of nitrogens with zero attached hydrogens (tertiary/aromatic N) is 3.